The minimum Gasteiger partial charge on any atom is -1.00 e. The van der Waals surface area contributed by atoms with Crippen molar-refractivity contribution < 1.29 is 30.3 Å². The summed E-state index contributed by atoms with van der Waals surface area (Å²) in [6.07, 6.45) is 4.40. The Morgan fingerprint density at radius 1 is 0.786 bits per heavy atom. The van der Waals surface area contributed by atoms with Crippen LogP contribution < -0.4 is 4.70 Å². The van der Waals surface area contributed by atoms with E-state index in [0.717, 1.165) is 15.8 Å². The third-order valence-electron chi connectivity index (χ3n) is 4.19. The molecule has 0 aliphatic heterocycles. The Morgan fingerprint density at radius 2 is 1.32 bits per heavy atom. The molecule has 9 heteroatoms. The first-order valence-electron chi connectivity index (χ1n) is 7.88. The molecule has 0 unspecified atom stereocenters. The van der Waals surface area contributed by atoms with Crippen molar-refractivity contribution in [2.75, 3.05) is 14.1 Å². The quantitative estimate of drug-likeness (QED) is 0.208. The van der Waals surface area contributed by atoms with Crippen LogP contribution in [0.1, 0.15) is 11.1 Å². The number of benzene rings is 3. The largest absolute Gasteiger partial charge is 1.00 e. The molecular formula is C19H15ClF6NP. The third-order valence-corrected chi connectivity index (χ3v) is 4.60. The number of fused-ring (bicyclic) bond motifs is 2. The van der Waals surface area contributed by atoms with Gasteiger partial charge in [0, 0.05) is 22.2 Å². The van der Waals surface area contributed by atoms with Crippen LogP contribution in [0.2, 0.25) is 5.02 Å². The Labute approximate surface area is 162 Å². The number of hydrogen-bond acceptors (Lipinski definition) is 0. The molecule has 0 spiro atoms. The van der Waals surface area contributed by atoms with Crippen LogP contribution in [0.25, 0.3) is 27.6 Å². The van der Waals surface area contributed by atoms with E-state index in [9.17, 15) is 21.0 Å². The normalized spacial score (nSPS) is 14.0. The van der Waals surface area contributed by atoms with E-state index in [1.165, 1.54) is 27.6 Å². The molecule has 0 heterocycles. The minimum atomic E-state index is -8.55. The average Bonchev–Trinajstić information content (AvgIpc) is 2.56. The summed E-state index contributed by atoms with van der Waals surface area (Å²) in [6.45, 7) is 0. The second kappa shape index (κ2) is 7.37. The first-order chi connectivity index (χ1) is 12.4. The van der Waals surface area contributed by atoms with Gasteiger partial charge in [-0.3, -0.25) is 0 Å². The van der Waals surface area contributed by atoms with Gasteiger partial charge in [-0.15, -0.1) is 0 Å². The maximum Gasteiger partial charge on any atom is -1.00 e. The van der Waals surface area contributed by atoms with Crippen LogP contribution in [0.15, 0.2) is 48.5 Å². The summed E-state index contributed by atoms with van der Waals surface area (Å²) in [4.78, 5) is 0. The molecule has 150 valence electrons. The SMILES string of the molecule is C[N+](C)=C1C=Cc2c3ccccc3c(Cl)c3cccc1c23.FP(F)(F)(F)F.[F-]. The molecule has 0 aromatic heterocycles. The van der Waals surface area contributed by atoms with E-state index in [-0.39, 0.29) is 4.70 Å². The summed E-state index contributed by atoms with van der Waals surface area (Å²) < 4.78 is 51.3. The van der Waals surface area contributed by atoms with E-state index in [2.05, 4.69) is 67.2 Å². The zero-order valence-corrected chi connectivity index (χ0v) is 16.4. The van der Waals surface area contributed by atoms with E-state index in [4.69, 9.17) is 11.6 Å². The van der Waals surface area contributed by atoms with Crippen LogP contribution >= 0.6 is 19.8 Å². The molecule has 28 heavy (non-hydrogen) atoms. The van der Waals surface area contributed by atoms with Gasteiger partial charge in [0.2, 0.25) is 5.71 Å². The summed E-state index contributed by atoms with van der Waals surface area (Å²) in [5.41, 5.74) is 3.74. The summed E-state index contributed by atoms with van der Waals surface area (Å²) in [5.74, 6) is 0. The van der Waals surface area contributed by atoms with E-state index in [1.54, 1.807) is 0 Å². The second-order valence-electron chi connectivity index (χ2n) is 6.25. The fourth-order valence-corrected chi connectivity index (χ4v) is 3.57. The fraction of sp³-hybridized carbons (Fsp3) is 0.105. The molecule has 0 N–H and O–H groups in total. The zero-order chi connectivity index (χ0) is 20.0. The number of allylic oxidation sites excluding steroid dienone is 1. The Kier molecular flexibility index (Phi) is 5.84. The molecule has 0 saturated carbocycles. The van der Waals surface area contributed by atoms with Crippen molar-refractivity contribution in [3.63, 3.8) is 0 Å². The van der Waals surface area contributed by atoms with Crippen molar-refractivity contribution in [1.82, 2.24) is 0 Å². The van der Waals surface area contributed by atoms with Crippen LogP contribution in [0, 0.1) is 0 Å². The molecule has 0 radical (unpaired) electrons. The van der Waals surface area contributed by atoms with Gasteiger partial charge >= 0.3 is 29.1 Å². The topological polar surface area (TPSA) is 3.01 Å². The maximum absolute atomic E-state index is 9.84. The second-order valence-corrected chi connectivity index (χ2v) is 7.91. The van der Waals surface area contributed by atoms with Crippen molar-refractivity contribution in [3.8, 4) is 0 Å². The Hall–Kier alpha value is -2.11. The third kappa shape index (κ3) is 4.65. The molecule has 3 aromatic carbocycles. The monoisotopic (exact) mass is 437 g/mol. The van der Waals surface area contributed by atoms with Crippen LogP contribution in [0.3, 0.4) is 0 Å². The molecule has 0 bridgehead atoms. The van der Waals surface area contributed by atoms with Crippen molar-refractivity contribution >= 4 is 53.1 Å². The van der Waals surface area contributed by atoms with Gasteiger partial charge in [0.25, 0.3) is 0 Å². The summed E-state index contributed by atoms with van der Waals surface area (Å²) in [7, 11) is -4.40. The van der Waals surface area contributed by atoms with Gasteiger partial charge in [-0.1, -0.05) is 48.0 Å². The smallest absolute Gasteiger partial charge is 1.00 e. The Balaban J connectivity index is 0.000000353. The number of halogens is 7. The van der Waals surface area contributed by atoms with Gasteiger partial charge in [0.15, 0.2) is 0 Å². The predicted molar refractivity (Wildman–Crippen MR) is 104 cm³/mol. The molecule has 0 saturated heterocycles. The van der Waals surface area contributed by atoms with Gasteiger partial charge in [0.05, 0.1) is 10.6 Å². The number of nitrogens with zero attached hydrogens (tertiary/aromatic N) is 1. The maximum atomic E-state index is 9.84. The molecule has 1 aliphatic carbocycles. The number of rotatable bonds is 0. The molecular weight excluding hydrogens is 423 g/mol. The first-order valence-corrected chi connectivity index (χ1v) is 9.95. The van der Waals surface area contributed by atoms with Gasteiger partial charge < -0.3 is 4.70 Å². The van der Waals surface area contributed by atoms with E-state index in [0.29, 0.717) is 0 Å². The molecule has 3 aromatic rings. The minimum absolute atomic E-state index is 0. The zero-order valence-electron chi connectivity index (χ0n) is 14.7. The summed E-state index contributed by atoms with van der Waals surface area (Å²) >= 11 is 6.68. The summed E-state index contributed by atoms with van der Waals surface area (Å²) in [6, 6.07) is 14.7. The Morgan fingerprint density at radius 3 is 1.89 bits per heavy atom. The number of hydrogen-bond donors (Lipinski definition) is 0. The summed E-state index contributed by atoms with van der Waals surface area (Å²) in [5, 5.41) is 5.58. The van der Waals surface area contributed by atoms with E-state index >= 15 is 0 Å². The van der Waals surface area contributed by atoms with Gasteiger partial charge in [-0.05, 0) is 23.1 Å². The van der Waals surface area contributed by atoms with E-state index < -0.39 is 8.16 Å². The van der Waals surface area contributed by atoms with E-state index in [1.807, 2.05) is 6.07 Å². The van der Waals surface area contributed by atoms with Crippen LogP contribution in [-0.4, -0.2) is 24.4 Å². The van der Waals surface area contributed by atoms with Crippen molar-refractivity contribution in [2.45, 2.75) is 0 Å². The van der Waals surface area contributed by atoms with Gasteiger partial charge in [-0.2, -0.15) is 0 Å². The van der Waals surface area contributed by atoms with Crippen molar-refractivity contribution in [3.05, 3.63) is 64.7 Å². The Bertz CT molecular complexity index is 1110. The molecule has 1 nitrogen and oxygen atoms in total. The van der Waals surface area contributed by atoms with Crippen molar-refractivity contribution in [1.29, 1.82) is 0 Å². The molecule has 1 aliphatic rings. The van der Waals surface area contributed by atoms with Crippen LogP contribution in [-0.2, 0) is 0 Å². The molecule has 0 amide bonds. The van der Waals surface area contributed by atoms with Gasteiger partial charge in [0.1, 0.15) is 14.1 Å². The molecule has 4 rings (SSSR count). The van der Waals surface area contributed by atoms with Crippen LogP contribution in [0.4, 0.5) is 21.0 Å². The first kappa shape index (κ1) is 22.2. The van der Waals surface area contributed by atoms with Gasteiger partial charge in [-0.25, -0.2) is 4.58 Å². The van der Waals surface area contributed by atoms with Crippen LogP contribution in [0.5, 0.6) is 0 Å². The van der Waals surface area contributed by atoms with Crippen molar-refractivity contribution in [2.24, 2.45) is 0 Å². The predicted octanol–water partition coefficient (Wildman–Crippen LogP) is 4.70. The fourth-order valence-electron chi connectivity index (χ4n) is 3.24. The molecule has 0 atom stereocenters. The standard InChI is InChI=1S/C19H15ClN.F5P.FH/c1-21(2)17-11-10-13-12-6-3-4-7-14(12)19(20)16-9-5-8-15(17)18(13)16;1-6(2,3,4)5;/h3-11H,1-2H3;;1H/q+1;;/p-1. The average molecular weight is 438 g/mol. The molecule has 0 fully saturated rings.